The molecule has 3 rings (SSSR count). The van der Waals surface area contributed by atoms with E-state index in [0.29, 0.717) is 0 Å². The van der Waals surface area contributed by atoms with Crippen molar-refractivity contribution >= 4 is 24.2 Å². The number of nitrogens with one attached hydrogen (secondary N) is 2. The fraction of sp³-hybridized carbons (Fsp3) is 0.467. The molecule has 1 aliphatic carbocycles. The van der Waals surface area contributed by atoms with Gasteiger partial charge in [-0.15, -0.1) is 0 Å². The van der Waals surface area contributed by atoms with Crippen LogP contribution in [-0.2, 0) is 19.0 Å². The molecular formula is C30H39N3O8. The first-order chi connectivity index (χ1) is 19.2. The molecule has 2 aromatic carbocycles. The Labute approximate surface area is 240 Å². The number of aliphatic carboxylic acids is 1. The molecule has 0 aliphatic heterocycles. The summed E-state index contributed by atoms with van der Waals surface area (Å²) >= 11 is 0. The van der Waals surface area contributed by atoms with Crippen LogP contribution in [0.1, 0.15) is 65.0 Å². The number of carbonyl (C=O) groups excluding carboxylic acids is 3. The standard InChI is InChI=1S/C30H39N3O8/c1-29(2,3)40-26(36)31-16-11-17-33(28(38)41-30(4,5)6)24(25(34)35)32-27(37)39-18-23-21-14-9-7-12-19(21)20-13-8-10-15-22(20)23/h7-10,12-15,23-24H,11,16-18H2,1-6H3,(H,31,36)(H,32,37)(H,34,35). The zero-order chi connectivity index (χ0) is 30.4. The van der Waals surface area contributed by atoms with Gasteiger partial charge in [-0.25, -0.2) is 19.2 Å². The number of carboxylic acid groups (broad SMARTS) is 1. The Kier molecular flexibility index (Phi) is 9.85. The van der Waals surface area contributed by atoms with Crippen LogP contribution < -0.4 is 10.6 Å². The molecule has 1 atom stereocenters. The van der Waals surface area contributed by atoms with Crippen LogP contribution in [-0.4, -0.2) is 71.3 Å². The number of alkyl carbamates (subject to hydrolysis) is 2. The van der Waals surface area contributed by atoms with Gasteiger partial charge in [0.25, 0.3) is 0 Å². The van der Waals surface area contributed by atoms with Crippen molar-refractivity contribution < 1.29 is 38.5 Å². The molecule has 3 amide bonds. The molecule has 0 aromatic heterocycles. The maximum absolute atomic E-state index is 13.0. The molecule has 0 saturated carbocycles. The summed E-state index contributed by atoms with van der Waals surface area (Å²) in [4.78, 5) is 50.9. The van der Waals surface area contributed by atoms with Gasteiger partial charge in [-0.05, 0) is 70.2 Å². The van der Waals surface area contributed by atoms with Gasteiger partial charge in [-0.1, -0.05) is 48.5 Å². The molecule has 2 aromatic rings. The molecule has 11 heteroatoms. The summed E-state index contributed by atoms with van der Waals surface area (Å²) in [7, 11) is 0. The van der Waals surface area contributed by atoms with Gasteiger partial charge in [-0.3, -0.25) is 10.2 Å². The second kappa shape index (κ2) is 12.9. The summed E-state index contributed by atoms with van der Waals surface area (Å²) in [5, 5.41) is 14.8. The molecule has 11 nitrogen and oxygen atoms in total. The first kappa shape index (κ1) is 31.3. The van der Waals surface area contributed by atoms with E-state index in [9.17, 15) is 24.3 Å². The molecule has 222 valence electrons. The number of nitrogens with zero attached hydrogens (tertiary/aromatic N) is 1. The Hall–Kier alpha value is -4.28. The van der Waals surface area contributed by atoms with Crippen LogP contribution in [0.2, 0.25) is 0 Å². The molecule has 3 N–H and O–H groups in total. The highest BCUT2D eigenvalue weighted by Crippen LogP contribution is 2.44. The Morgan fingerprint density at radius 2 is 1.39 bits per heavy atom. The quantitative estimate of drug-likeness (QED) is 0.215. The summed E-state index contributed by atoms with van der Waals surface area (Å²) in [5.41, 5.74) is 2.51. The molecule has 0 fully saturated rings. The van der Waals surface area contributed by atoms with E-state index in [4.69, 9.17) is 14.2 Å². The Balaban J connectivity index is 1.68. The first-order valence-corrected chi connectivity index (χ1v) is 13.5. The lowest BCUT2D eigenvalue weighted by atomic mass is 9.98. The second-order valence-corrected chi connectivity index (χ2v) is 11.7. The van der Waals surface area contributed by atoms with E-state index < -0.39 is 41.6 Å². The summed E-state index contributed by atoms with van der Waals surface area (Å²) in [5.74, 6) is -1.71. The van der Waals surface area contributed by atoms with Crippen molar-refractivity contribution in [2.45, 2.75) is 71.2 Å². The predicted molar refractivity (Wildman–Crippen MR) is 151 cm³/mol. The SMILES string of the molecule is CC(C)(C)OC(=O)NCCCN(C(=O)OC(C)(C)C)C(NC(=O)OCC1c2ccccc2-c2ccccc21)C(=O)O. The number of hydrogen-bond donors (Lipinski definition) is 3. The Morgan fingerprint density at radius 3 is 1.90 bits per heavy atom. The van der Waals surface area contributed by atoms with Crippen molar-refractivity contribution in [2.75, 3.05) is 19.7 Å². The van der Waals surface area contributed by atoms with E-state index in [-0.39, 0.29) is 32.0 Å². The molecule has 0 radical (unpaired) electrons. The number of benzene rings is 2. The van der Waals surface area contributed by atoms with Gasteiger partial charge < -0.3 is 24.6 Å². The van der Waals surface area contributed by atoms with Gasteiger partial charge in [0.05, 0.1) is 0 Å². The van der Waals surface area contributed by atoms with Crippen LogP contribution >= 0.6 is 0 Å². The third-order valence-electron chi connectivity index (χ3n) is 6.02. The van der Waals surface area contributed by atoms with Crippen molar-refractivity contribution in [1.82, 2.24) is 15.5 Å². The zero-order valence-corrected chi connectivity index (χ0v) is 24.4. The highest BCUT2D eigenvalue weighted by molar-refractivity contribution is 5.84. The van der Waals surface area contributed by atoms with Crippen molar-refractivity contribution in [3.8, 4) is 11.1 Å². The minimum absolute atomic E-state index is 0.0293. The number of fused-ring (bicyclic) bond motifs is 3. The predicted octanol–water partition coefficient (Wildman–Crippen LogP) is 5.09. The van der Waals surface area contributed by atoms with Crippen LogP contribution in [0.3, 0.4) is 0 Å². The fourth-order valence-electron chi connectivity index (χ4n) is 4.43. The van der Waals surface area contributed by atoms with E-state index in [0.717, 1.165) is 27.2 Å². The van der Waals surface area contributed by atoms with Gasteiger partial charge in [0.15, 0.2) is 0 Å². The molecule has 1 unspecified atom stereocenters. The number of rotatable bonds is 9. The number of hydrogen-bond acceptors (Lipinski definition) is 7. The fourth-order valence-corrected chi connectivity index (χ4v) is 4.43. The maximum Gasteiger partial charge on any atom is 0.412 e. The third-order valence-corrected chi connectivity index (χ3v) is 6.02. The molecule has 0 bridgehead atoms. The number of ether oxygens (including phenoxy) is 3. The lowest BCUT2D eigenvalue weighted by molar-refractivity contribution is -0.144. The topological polar surface area (TPSA) is 144 Å². The minimum atomic E-state index is -1.78. The minimum Gasteiger partial charge on any atom is -0.478 e. The van der Waals surface area contributed by atoms with Crippen LogP contribution in [0, 0.1) is 0 Å². The number of amides is 3. The zero-order valence-electron chi connectivity index (χ0n) is 24.4. The molecule has 0 heterocycles. The van der Waals surface area contributed by atoms with Crippen LogP contribution in [0.4, 0.5) is 14.4 Å². The Morgan fingerprint density at radius 1 is 0.854 bits per heavy atom. The summed E-state index contributed by atoms with van der Waals surface area (Å²) in [6.07, 6.45) is -4.20. The van der Waals surface area contributed by atoms with Gasteiger partial charge in [0.2, 0.25) is 6.17 Å². The van der Waals surface area contributed by atoms with Gasteiger partial charge in [-0.2, -0.15) is 0 Å². The van der Waals surface area contributed by atoms with Crippen LogP contribution in [0.25, 0.3) is 11.1 Å². The summed E-state index contributed by atoms with van der Waals surface area (Å²) in [6, 6.07) is 15.7. The average Bonchev–Trinajstić information content (AvgIpc) is 3.18. The largest absolute Gasteiger partial charge is 0.478 e. The van der Waals surface area contributed by atoms with E-state index in [1.807, 2.05) is 48.5 Å². The second-order valence-electron chi connectivity index (χ2n) is 11.7. The Bertz CT molecular complexity index is 1220. The number of carbonyl (C=O) groups is 4. The summed E-state index contributed by atoms with van der Waals surface area (Å²) < 4.78 is 16.1. The molecule has 0 spiro atoms. The lowest BCUT2D eigenvalue weighted by Crippen LogP contribution is -2.56. The number of carboxylic acids is 1. The first-order valence-electron chi connectivity index (χ1n) is 13.5. The maximum atomic E-state index is 13.0. The average molecular weight is 570 g/mol. The van der Waals surface area contributed by atoms with E-state index in [1.165, 1.54) is 0 Å². The van der Waals surface area contributed by atoms with Crippen LogP contribution in [0.15, 0.2) is 48.5 Å². The summed E-state index contributed by atoms with van der Waals surface area (Å²) in [6.45, 7) is 10.0. The molecule has 0 saturated heterocycles. The van der Waals surface area contributed by atoms with E-state index in [2.05, 4.69) is 10.6 Å². The lowest BCUT2D eigenvalue weighted by Gasteiger charge is -2.31. The van der Waals surface area contributed by atoms with Crippen molar-refractivity contribution in [1.29, 1.82) is 0 Å². The van der Waals surface area contributed by atoms with E-state index >= 15 is 0 Å². The molecule has 1 aliphatic rings. The van der Waals surface area contributed by atoms with Gasteiger partial charge >= 0.3 is 24.2 Å². The van der Waals surface area contributed by atoms with Crippen molar-refractivity contribution in [3.05, 3.63) is 59.7 Å². The monoisotopic (exact) mass is 569 g/mol. The van der Waals surface area contributed by atoms with Crippen LogP contribution in [0.5, 0.6) is 0 Å². The van der Waals surface area contributed by atoms with Gasteiger partial charge in [0.1, 0.15) is 17.8 Å². The van der Waals surface area contributed by atoms with E-state index in [1.54, 1.807) is 41.5 Å². The third kappa shape index (κ3) is 8.86. The van der Waals surface area contributed by atoms with Crippen molar-refractivity contribution in [2.24, 2.45) is 0 Å². The highest BCUT2D eigenvalue weighted by atomic mass is 16.6. The highest BCUT2D eigenvalue weighted by Gasteiger charge is 2.35. The van der Waals surface area contributed by atoms with Crippen molar-refractivity contribution in [3.63, 3.8) is 0 Å². The smallest absolute Gasteiger partial charge is 0.412 e. The normalized spacial score (nSPS) is 13.3. The van der Waals surface area contributed by atoms with Gasteiger partial charge in [0, 0.05) is 19.0 Å². The molecule has 41 heavy (non-hydrogen) atoms. The molecular weight excluding hydrogens is 530 g/mol.